The molecule has 2 atom stereocenters. The number of rotatable bonds is 4. The molecule has 1 N–H and O–H groups in total. The van der Waals surface area contributed by atoms with Crippen molar-refractivity contribution in [1.82, 2.24) is 15.1 Å². The number of carbonyl (C=O) groups excluding carboxylic acids is 1. The first kappa shape index (κ1) is 13.9. The monoisotopic (exact) mass is 255 g/mol. The van der Waals surface area contributed by atoms with Gasteiger partial charge in [-0.15, -0.1) is 10.2 Å². The van der Waals surface area contributed by atoms with Crippen molar-refractivity contribution in [1.29, 1.82) is 0 Å². The third-order valence-electron chi connectivity index (χ3n) is 2.25. The van der Waals surface area contributed by atoms with Gasteiger partial charge < -0.3 is 10.0 Å². The fourth-order valence-corrected chi connectivity index (χ4v) is 1.83. The molecule has 0 aliphatic rings. The first-order chi connectivity index (χ1) is 7.91. The number of hydrogen-bond acceptors (Lipinski definition) is 5. The van der Waals surface area contributed by atoms with E-state index >= 15 is 0 Å². The van der Waals surface area contributed by atoms with Crippen LogP contribution in [-0.4, -0.2) is 51.6 Å². The molecule has 1 amide bonds. The fraction of sp³-hybridized carbons (Fsp3) is 0.545. The molecule has 0 spiro atoms. The number of amides is 1. The maximum absolute atomic E-state index is 11.6. The third kappa shape index (κ3) is 3.98. The first-order valence-electron chi connectivity index (χ1n) is 5.32. The molecule has 17 heavy (non-hydrogen) atoms. The minimum absolute atomic E-state index is 0.0414. The Balaban J connectivity index is 2.72. The van der Waals surface area contributed by atoms with Gasteiger partial charge in [-0.3, -0.25) is 4.79 Å². The van der Waals surface area contributed by atoms with Gasteiger partial charge in [0, 0.05) is 19.3 Å². The van der Waals surface area contributed by atoms with E-state index in [0.717, 1.165) is 0 Å². The van der Waals surface area contributed by atoms with Crippen LogP contribution in [0.3, 0.4) is 0 Å². The van der Waals surface area contributed by atoms with Gasteiger partial charge in [0.25, 0.3) is 5.91 Å². The van der Waals surface area contributed by atoms with Crippen LogP contribution in [0.5, 0.6) is 0 Å². The molecule has 0 bridgehead atoms. The molecule has 1 rings (SSSR count). The Hall–Kier alpha value is -1.14. The largest absolute Gasteiger partial charge is 0.392 e. The van der Waals surface area contributed by atoms with E-state index in [-0.39, 0.29) is 11.2 Å². The Kier molecular flexibility index (Phi) is 4.89. The molecule has 0 aliphatic carbocycles. The second-order valence-corrected chi connectivity index (χ2v) is 5.42. The Bertz CT molecular complexity index is 379. The maximum atomic E-state index is 11.6. The summed E-state index contributed by atoms with van der Waals surface area (Å²) in [6.07, 6.45) is -0.412. The third-order valence-corrected chi connectivity index (χ3v) is 3.48. The number of aliphatic hydroxyl groups is 1. The smallest absolute Gasteiger partial charge is 0.273 e. The highest BCUT2D eigenvalue weighted by atomic mass is 32.2. The normalized spacial score (nSPS) is 14.2. The molecule has 0 aliphatic heterocycles. The van der Waals surface area contributed by atoms with Crippen LogP contribution in [0.2, 0.25) is 0 Å². The van der Waals surface area contributed by atoms with E-state index in [1.54, 1.807) is 33.2 Å². The van der Waals surface area contributed by atoms with E-state index in [2.05, 4.69) is 10.2 Å². The molecule has 94 valence electrons. The molecule has 2 unspecified atom stereocenters. The van der Waals surface area contributed by atoms with Gasteiger partial charge >= 0.3 is 0 Å². The predicted molar refractivity (Wildman–Crippen MR) is 67.0 cm³/mol. The van der Waals surface area contributed by atoms with Crippen molar-refractivity contribution in [2.45, 2.75) is 30.2 Å². The van der Waals surface area contributed by atoms with Crippen LogP contribution in [0.4, 0.5) is 0 Å². The van der Waals surface area contributed by atoms with Crippen LogP contribution in [0.25, 0.3) is 0 Å². The molecular weight excluding hydrogens is 238 g/mol. The zero-order valence-electron chi connectivity index (χ0n) is 10.4. The van der Waals surface area contributed by atoms with Crippen molar-refractivity contribution in [2.24, 2.45) is 0 Å². The van der Waals surface area contributed by atoms with Crippen LogP contribution in [-0.2, 0) is 0 Å². The van der Waals surface area contributed by atoms with Crippen molar-refractivity contribution in [3.8, 4) is 0 Å². The van der Waals surface area contributed by atoms with Gasteiger partial charge in [-0.25, -0.2) is 0 Å². The van der Waals surface area contributed by atoms with Gasteiger partial charge in [-0.05, 0) is 19.1 Å². The summed E-state index contributed by atoms with van der Waals surface area (Å²) in [6, 6.07) is 3.39. The second kappa shape index (κ2) is 5.97. The Morgan fingerprint density at radius 2 is 2.00 bits per heavy atom. The first-order valence-corrected chi connectivity index (χ1v) is 6.20. The van der Waals surface area contributed by atoms with E-state index in [9.17, 15) is 9.90 Å². The molecule has 0 saturated carbocycles. The lowest BCUT2D eigenvalue weighted by atomic mass is 10.3. The highest BCUT2D eigenvalue weighted by Crippen LogP contribution is 2.22. The topological polar surface area (TPSA) is 66.3 Å². The van der Waals surface area contributed by atoms with E-state index in [1.807, 2.05) is 6.92 Å². The zero-order valence-corrected chi connectivity index (χ0v) is 11.2. The lowest BCUT2D eigenvalue weighted by Crippen LogP contribution is -2.23. The average molecular weight is 255 g/mol. The van der Waals surface area contributed by atoms with Gasteiger partial charge in [0.1, 0.15) is 5.03 Å². The number of nitrogens with zero attached hydrogens (tertiary/aromatic N) is 3. The molecule has 1 aromatic heterocycles. The van der Waals surface area contributed by atoms with Crippen molar-refractivity contribution in [3.05, 3.63) is 17.8 Å². The minimum atomic E-state index is -0.412. The number of hydrogen-bond donors (Lipinski definition) is 1. The predicted octanol–water partition coefficient (Wildman–Crippen LogP) is 1.04. The van der Waals surface area contributed by atoms with Crippen LogP contribution in [0.1, 0.15) is 24.3 Å². The quantitative estimate of drug-likeness (QED) is 0.814. The Morgan fingerprint density at radius 3 is 2.41 bits per heavy atom. The molecule has 1 heterocycles. The van der Waals surface area contributed by atoms with Crippen LogP contribution in [0, 0.1) is 0 Å². The van der Waals surface area contributed by atoms with Crippen molar-refractivity contribution < 1.29 is 9.90 Å². The summed E-state index contributed by atoms with van der Waals surface area (Å²) in [5.74, 6) is -0.169. The number of carbonyl (C=O) groups is 1. The minimum Gasteiger partial charge on any atom is -0.392 e. The van der Waals surface area contributed by atoms with Crippen LogP contribution in [0.15, 0.2) is 17.2 Å². The SMILES string of the molecule is CC(O)C(C)Sc1ccc(C(=O)N(C)C)nn1. The number of aliphatic hydroxyl groups excluding tert-OH is 1. The van der Waals surface area contributed by atoms with Gasteiger partial charge in [0.2, 0.25) is 0 Å². The number of thioether (sulfide) groups is 1. The van der Waals surface area contributed by atoms with Gasteiger partial charge in [0.05, 0.1) is 6.10 Å². The Labute approximate surface area is 105 Å². The van der Waals surface area contributed by atoms with E-state index in [4.69, 9.17) is 0 Å². The average Bonchev–Trinajstić information content (AvgIpc) is 2.28. The molecule has 6 heteroatoms. The Morgan fingerprint density at radius 1 is 1.35 bits per heavy atom. The zero-order chi connectivity index (χ0) is 13.0. The van der Waals surface area contributed by atoms with Gasteiger partial charge in [0.15, 0.2) is 5.69 Å². The standard InChI is InChI=1S/C11H17N3O2S/c1-7(15)8(2)17-10-6-5-9(12-13-10)11(16)14(3)4/h5-8,15H,1-4H3. The summed E-state index contributed by atoms with van der Waals surface area (Å²) in [5, 5.41) is 17.9. The van der Waals surface area contributed by atoms with Crippen LogP contribution >= 0.6 is 11.8 Å². The highest BCUT2D eigenvalue weighted by Gasteiger charge is 2.13. The fourth-order valence-electron chi connectivity index (χ4n) is 1.01. The molecule has 1 aromatic rings. The lowest BCUT2D eigenvalue weighted by molar-refractivity contribution is 0.0820. The van der Waals surface area contributed by atoms with Crippen molar-refractivity contribution in [3.63, 3.8) is 0 Å². The van der Waals surface area contributed by atoms with Crippen LogP contribution < -0.4 is 0 Å². The molecule has 0 saturated heterocycles. The molecular formula is C11H17N3O2S. The van der Waals surface area contributed by atoms with Gasteiger partial charge in [-0.1, -0.05) is 18.7 Å². The van der Waals surface area contributed by atoms with E-state index < -0.39 is 6.10 Å². The summed E-state index contributed by atoms with van der Waals surface area (Å²) >= 11 is 1.43. The molecule has 5 nitrogen and oxygen atoms in total. The lowest BCUT2D eigenvalue weighted by Gasteiger charge is -2.13. The van der Waals surface area contributed by atoms with E-state index in [0.29, 0.717) is 10.7 Å². The van der Waals surface area contributed by atoms with Gasteiger partial charge in [-0.2, -0.15) is 0 Å². The molecule has 0 radical (unpaired) electrons. The summed E-state index contributed by atoms with van der Waals surface area (Å²) in [7, 11) is 3.34. The van der Waals surface area contributed by atoms with Crippen molar-refractivity contribution in [2.75, 3.05) is 14.1 Å². The summed E-state index contributed by atoms with van der Waals surface area (Å²) in [4.78, 5) is 13.0. The van der Waals surface area contributed by atoms with E-state index in [1.165, 1.54) is 16.7 Å². The maximum Gasteiger partial charge on any atom is 0.273 e. The second-order valence-electron chi connectivity index (χ2n) is 4.02. The summed E-state index contributed by atoms with van der Waals surface area (Å²) in [6.45, 7) is 3.64. The molecule has 0 aromatic carbocycles. The summed E-state index contributed by atoms with van der Waals surface area (Å²) in [5.41, 5.74) is 0.323. The molecule has 0 fully saturated rings. The van der Waals surface area contributed by atoms with Crippen molar-refractivity contribution >= 4 is 17.7 Å². The summed E-state index contributed by atoms with van der Waals surface area (Å²) < 4.78 is 0. The number of aromatic nitrogens is 2. The highest BCUT2D eigenvalue weighted by molar-refractivity contribution is 7.99.